The number of halogens is 1. The van der Waals surface area contributed by atoms with Gasteiger partial charge in [0.25, 0.3) is 0 Å². The van der Waals surface area contributed by atoms with Crippen molar-refractivity contribution < 1.29 is 9.59 Å². The molecule has 0 aliphatic heterocycles. The molecular formula is C21H25ClN2O2. The number of carbonyl (C=O) groups is 2. The Hall–Kier alpha value is -2.33. The fraction of sp³-hybridized carbons (Fsp3) is 0.333. The Morgan fingerprint density at radius 2 is 1.62 bits per heavy atom. The minimum absolute atomic E-state index is 0.0323. The number of para-hydroxylation sites is 1. The first-order valence-electron chi connectivity index (χ1n) is 8.64. The largest absolute Gasteiger partial charge is 0.335 e. The molecule has 2 amide bonds. The zero-order valence-electron chi connectivity index (χ0n) is 15.6. The molecule has 0 spiro atoms. The number of nitrogens with zero attached hydrogens (tertiary/aromatic N) is 1. The van der Waals surface area contributed by atoms with Crippen LogP contribution >= 0.6 is 11.6 Å². The highest BCUT2D eigenvalue weighted by atomic mass is 35.5. The first-order valence-corrected chi connectivity index (χ1v) is 9.02. The molecule has 1 N–H and O–H groups in total. The molecule has 26 heavy (non-hydrogen) atoms. The van der Waals surface area contributed by atoms with Crippen LogP contribution in [0.5, 0.6) is 0 Å². The second-order valence-electron chi connectivity index (χ2n) is 7.07. The molecule has 0 aliphatic carbocycles. The Morgan fingerprint density at radius 1 is 1.04 bits per heavy atom. The van der Waals surface area contributed by atoms with Gasteiger partial charge in [-0.2, -0.15) is 0 Å². The van der Waals surface area contributed by atoms with E-state index in [1.54, 1.807) is 43.0 Å². The van der Waals surface area contributed by atoms with Gasteiger partial charge in [0.05, 0.1) is 10.7 Å². The molecule has 0 fully saturated rings. The summed E-state index contributed by atoms with van der Waals surface area (Å²) in [4.78, 5) is 27.7. The van der Waals surface area contributed by atoms with Crippen LogP contribution in [0.15, 0.2) is 54.6 Å². The second kappa shape index (κ2) is 8.37. The lowest BCUT2D eigenvalue weighted by Gasteiger charge is -2.34. The Labute approximate surface area is 160 Å². The number of carbonyl (C=O) groups excluding carboxylic acids is 2. The van der Waals surface area contributed by atoms with Crippen molar-refractivity contribution in [2.45, 2.75) is 40.3 Å². The summed E-state index contributed by atoms with van der Waals surface area (Å²) in [5, 5.41) is 3.21. The van der Waals surface area contributed by atoms with E-state index in [0.29, 0.717) is 17.3 Å². The van der Waals surface area contributed by atoms with E-state index in [0.717, 1.165) is 5.56 Å². The summed E-state index contributed by atoms with van der Waals surface area (Å²) in [5.74, 6) is -0.602. The van der Waals surface area contributed by atoms with Crippen molar-refractivity contribution in [3.63, 3.8) is 0 Å². The molecule has 0 aromatic heterocycles. The van der Waals surface area contributed by atoms with Crippen molar-refractivity contribution in [2.75, 3.05) is 5.32 Å². The van der Waals surface area contributed by atoms with Crippen LogP contribution in [-0.4, -0.2) is 22.8 Å². The molecule has 0 saturated heterocycles. The normalized spacial score (nSPS) is 11.3. The van der Waals surface area contributed by atoms with Gasteiger partial charge in [-0.1, -0.05) is 54.1 Å². The molecule has 0 saturated carbocycles. The van der Waals surface area contributed by atoms with E-state index in [2.05, 4.69) is 5.32 Å². The molecule has 0 bridgehead atoms. The monoisotopic (exact) mass is 372 g/mol. The molecule has 0 atom stereocenters. The average molecular weight is 373 g/mol. The zero-order valence-corrected chi connectivity index (χ0v) is 16.4. The summed E-state index contributed by atoms with van der Waals surface area (Å²) in [6.45, 7) is 7.63. The topological polar surface area (TPSA) is 49.4 Å². The highest BCUT2D eigenvalue weighted by Crippen LogP contribution is 2.27. The number of benzene rings is 2. The van der Waals surface area contributed by atoms with E-state index in [4.69, 9.17) is 11.6 Å². The maximum Gasteiger partial charge on any atom is 0.239 e. The van der Waals surface area contributed by atoms with Crippen LogP contribution in [0.4, 0.5) is 5.69 Å². The number of hydrogen-bond acceptors (Lipinski definition) is 2. The summed E-state index contributed by atoms with van der Waals surface area (Å²) in [6, 6.07) is 16.7. The lowest BCUT2D eigenvalue weighted by Crippen LogP contribution is -2.49. The lowest BCUT2D eigenvalue weighted by atomic mass is 9.89. The molecule has 2 rings (SSSR count). The van der Waals surface area contributed by atoms with Gasteiger partial charge in [0.2, 0.25) is 11.8 Å². The fourth-order valence-corrected chi connectivity index (χ4v) is 2.75. The lowest BCUT2D eigenvalue weighted by molar-refractivity contribution is -0.148. The third-order valence-electron chi connectivity index (χ3n) is 4.30. The van der Waals surface area contributed by atoms with Crippen LogP contribution in [0.1, 0.15) is 33.3 Å². The zero-order chi connectivity index (χ0) is 19.3. The molecule has 4 nitrogen and oxygen atoms in total. The second-order valence-corrected chi connectivity index (χ2v) is 7.48. The van der Waals surface area contributed by atoms with Crippen molar-refractivity contribution in [1.29, 1.82) is 0 Å². The fourth-order valence-electron chi connectivity index (χ4n) is 2.57. The van der Waals surface area contributed by atoms with Crippen molar-refractivity contribution >= 4 is 29.1 Å². The van der Waals surface area contributed by atoms with Crippen LogP contribution < -0.4 is 5.32 Å². The highest BCUT2D eigenvalue weighted by molar-refractivity contribution is 6.33. The van der Waals surface area contributed by atoms with E-state index in [-0.39, 0.29) is 17.9 Å². The first-order chi connectivity index (χ1) is 12.2. The standard InChI is InChI=1S/C21H25ClN2O2/c1-15(2)24(14-16-10-6-5-7-11-16)20(26)21(3,4)19(25)23-18-13-9-8-12-17(18)22/h5-13,15H,14H2,1-4H3,(H,23,25). The van der Waals surface area contributed by atoms with E-state index in [1.165, 1.54) is 0 Å². The quantitative estimate of drug-likeness (QED) is 0.744. The van der Waals surface area contributed by atoms with Gasteiger partial charge in [-0.3, -0.25) is 9.59 Å². The molecule has 0 radical (unpaired) electrons. The molecule has 0 unspecified atom stereocenters. The van der Waals surface area contributed by atoms with Crippen LogP contribution in [0, 0.1) is 5.41 Å². The van der Waals surface area contributed by atoms with Gasteiger partial charge in [-0.25, -0.2) is 0 Å². The summed E-state index contributed by atoms with van der Waals surface area (Å²) in [6.07, 6.45) is 0. The molecular weight excluding hydrogens is 348 g/mol. The summed E-state index contributed by atoms with van der Waals surface area (Å²) < 4.78 is 0. The molecule has 0 heterocycles. The summed E-state index contributed by atoms with van der Waals surface area (Å²) in [7, 11) is 0. The number of hydrogen-bond donors (Lipinski definition) is 1. The van der Waals surface area contributed by atoms with E-state index < -0.39 is 5.41 Å². The number of nitrogens with one attached hydrogen (secondary N) is 1. The predicted octanol–water partition coefficient (Wildman–Crippen LogP) is 4.74. The Balaban J connectivity index is 2.20. The third-order valence-corrected chi connectivity index (χ3v) is 4.63. The van der Waals surface area contributed by atoms with E-state index >= 15 is 0 Å². The summed E-state index contributed by atoms with van der Waals surface area (Å²) >= 11 is 6.11. The average Bonchev–Trinajstić information content (AvgIpc) is 2.61. The van der Waals surface area contributed by atoms with Gasteiger partial charge in [0.1, 0.15) is 5.41 Å². The van der Waals surface area contributed by atoms with Gasteiger partial charge in [0, 0.05) is 12.6 Å². The van der Waals surface area contributed by atoms with Crippen LogP contribution in [0.3, 0.4) is 0 Å². The SMILES string of the molecule is CC(C)N(Cc1ccccc1)C(=O)C(C)(C)C(=O)Nc1ccccc1Cl. The van der Waals surface area contributed by atoms with Gasteiger partial charge in [0.15, 0.2) is 0 Å². The molecule has 0 aliphatic rings. The smallest absolute Gasteiger partial charge is 0.239 e. The van der Waals surface area contributed by atoms with E-state index in [1.807, 2.05) is 44.2 Å². The van der Waals surface area contributed by atoms with Gasteiger partial charge in [-0.15, -0.1) is 0 Å². The van der Waals surface area contributed by atoms with Gasteiger partial charge in [-0.05, 0) is 45.4 Å². The van der Waals surface area contributed by atoms with Crippen LogP contribution in [-0.2, 0) is 16.1 Å². The predicted molar refractivity (Wildman–Crippen MR) is 106 cm³/mol. The Morgan fingerprint density at radius 3 is 2.19 bits per heavy atom. The first kappa shape index (κ1) is 20.0. The van der Waals surface area contributed by atoms with Crippen LogP contribution in [0.25, 0.3) is 0 Å². The van der Waals surface area contributed by atoms with Crippen molar-refractivity contribution in [3.05, 3.63) is 65.2 Å². The van der Waals surface area contributed by atoms with Crippen molar-refractivity contribution in [3.8, 4) is 0 Å². The number of anilines is 1. The Bertz CT molecular complexity index is 773. The van der Waals surface area contributed by atoms with Crippen molar-refractivity contribution in [1.82, 2.24) is 4.90 Å². The maximum atomic E-state index is 13.2. The van der Waals surface area contributed by atoms with Gasteiger partial charge < -0.3 is 10.2 Å². The van der Waals surface area contributed by atoms with Gasteiger partial charge >= 0.3 is 0 Å². The van der Waals surface area contributed by atoms with Crippen molar-refractivity contribution in [2.24, 2.45) is 5.41 Å². The molecule has 2 aromatic carbocycles. The molecule has 2 aromatic rings. The van der Waals surface area contributed by atoms with Crippen LogP contribution in [0.2, 0.25) is 5.02 Å². The number of rotatable bonds is 6. The summed E-state index contributed by atoms with van der Waals surface area (Å²) in [5.41, 5.74) is 0.300. The minimum atomic E-state index is -1.22. The highest BCUT2D eigenvalue weighted by Gasteiger charge is 2.40. The number of amides is 2. The maximum absolute atomic E-state index is 13.2. The third kappa shape index (κ3) is 4.64. The Kier molecular flexibility index (Phi) is 6.43. The molecule has 5 heteroatoms. The van der Waals surface area contributed by atoms with E-state index in [9.17, 15) is 9.59 Å². The molecule has 138 valence electrons. The minimum Gasteiger partial charge on any atom is -0.335 e.